The molecule has 1 aliphatic rings. The molecule has 1 fully saturated rings. The van der Waals surface area contributed by atoms with Crippen molar-refractivity contribution in [2.75, 3.05) is 0 Å². The SMILES string of the molecule is CC(C(=O)O)N(C(=O)c1ccc(=O)n(-c2ccc(F)cc2)n1)C1CC1. The summed E-state index contributed by atoms with van der Waals surface area (Å²) < 4.78 is 14.0. The normalized spacial score (nSPS) is 14.8. The van der Waals surface area contributed by atoms with Crippen LogP contribution in [0.1, 0.15) is 30.3 Å². The summed E-state index contributed by atoms with van der Waals surface area (Å²) in [5.74, 6) is -2.11. The maximum Gasteiger partial charge on any atom is 0.326 e. The van der Waals surface area contributed by atoms with Gasteiger partial charge in [-0.2, -0.15) is 9.78 Å². The Kier molecular flexibility index (Phi) is 4.35. The van der Waals surface area contributed by atoms with Crippen LogP contribution in [0.15, 0.2) is 41.2 Å². The molecule has 2 aromatic rings. The first-order valence-corrected chi connectivity index (χ1v) is 7.80. The molecule has 1 aliphatic carbocycles. The molecular formula is C17H16FN3O4. The predicted molar refractivity (Wildman–Crippen MR) is 86.1 cm³/mol. The van der Waals surface area contributed by atoms with Crippen LogP contribution in [0.25, 0.3) is 5.69 Å². The Bertz CT molecular complexity index is 874. The number of hydrogen-bond acceptors (Lipinski definition) is 4. The monoisotopic (exact) mass is 345 g/mol. The van der Waals surface area contributed by atoms with E-state index in [1.807, 2.05) is 0 Å². The number of carbonyl (C=O) groups excluding carboxylic acids is 1. The van der Waals surface area contributed by atoms with Crippen molar-refractivity contribution >= 4 is 11.9 Å². The van der Waals surface area contributed by atoms with Gasteiger partial charge in [0.2, 0.25) is 0 Å². The Hall–Kier alpha value is -3.03. The zero-order chi connectivity index (χ0) is 18.1. The average molecular weight is 345 g/mol. The lowest BCUT2D eigenvalue weighted by Crippen LogP contribution is -2.45. The molecule has 25 heavy (non-hydrogen) atoms. The van der Waals surface area contributed by atoms with E-state index in [0.29, 0.717) is 5.69 Å². The van der Waals surface area contributed by atoms with Crippen molar-refractivity contribution in [2.45, 2.75) is 31.8 Å². The number of nitrogens with zero attached hydrogens (tertiary/aromatic N) is 3. The molecule has 1 heterocycles. The van der Waals surface area contributed by atoms with Gasteiger partial charge in [-0.15, -0.1) is 0 Å². The van der Waals surface area contributed by atoms with Gasteiger partial charge < -0.3 is 10.0 Å². The zero-order valence-corrected chi connectivity index (χ0v) is 13.4. The highest BCUT2D eigenvalue weighted by Gasteiger charge is 2.39. The van der Waals surface area contributed by atoms with E-state index in [4.69, 9.17) is 0 Å². The van der Waals surface area contributed by atoms with E-state index in [9.17, 15) is 23.9 Å². The van der Waals surface area contributed by atoms with E-state index in [2.05, 4.69) is 5.10 Å². The number of halogens is 1. The number of benzene rings is 1. The maximum absolute atomic E-state index is 13.1. The van der Waals surface area contributed by atoms with Crippen LogP contribution in [0.3, 0.4) is 0 Å². The van der Waals surface area contributed by atoms with Gasteiger partial charge in [0.15, 0.2) is 0 Å². The number of amides is 1. The van der Waals surface area contributed by atoms with E-state index in [0.717, 1.165) is 17.5 Å². The number of aromatic nitrogens is 2. The number of rotatable bonds is 5. The van der Waals surface area contributed by atoms with Gasteiger partial charge >= 0.3 is 5.97 Å². The van der Waals surface area contributed by atoms with Gasteiger partial charge in [0.25, 0.3) is 11.5 Å². The fourth-order valence-corrected chi connectivity index (χ4v) is 2.55. The van der Waals surface area contributed by atoms with Crippen molar-refractivity contribution in [1.29, 1.82) is 0 Å². The molecule has 7 nitrogen and oxygen atoms in total. The van der Waals surface area contributed by atoms with Crippen molar-refractivity contribution in [3.63, 3.8) is 0 Å². The zero-order valence-electron chi connectivity index (χ0n) is 13.4. The minimum atomic E-state index is -1.10. The van der Waals surface area contributed by atoms with E-state index in [1.165, 1.54) is 48.2 Å². The van der Waals surface area contributed by atoms with Crippen LogP contribution in [0, 0.1) is 5.82 Å². The Morgan fingerprint density at radius 1 is 1.24 bits per heavy atom. The molecule has 1 saturated carbocycles. The van der Waals surface area contributed by atoms with Crippen LogP contribution in [0.2, 0.25) is 0 Å². The van der Waals surface area contributed by atoms with E-state index in [1.54, 1.807) is 0 Å². The molecule has 0 aliphatic heterocycles. The second kappa shape index (κ2) is 6.46. The molecule has 3 rings (SSSR count). The standard InChI is InChI=1S/C17H16FN3O4/c1-10(17(24)25)20(12-6-7-12)16(23)14-8-9-15(22)21(19-14)13-4-2-11(18)3-5-13/h2-5,8-10,12H,6-7H2,1H3,(H,24,25). The number of carboxylic acid groups (broad SMARTS) is 1. The van der Waals surface area contributed by atoms with E-state index >= 15 is 0 Å². The minimum absolute atomic E-state index is 0.0380. The van der Waals surface area contributed by atoms with Crippen LogP contribution in [-0.4, -0.2) is 43.7 Å². The van der Waals surface area contributed by atoms with Crippen LogP contribution in [0.5, 0.6) is 0 Å². The van der Waals surface area contributed by atoms with E-state index < -0.39 is 29.3 Å². The van der Waals surface area contributed by atoms with Crippen molar-refractivity contribution in [1.82, 2.24) is 14.7 Å². The second-order valence-electron chi connectivity index (χ2n) is 5.90. The Morgan fingerprint density at radius 2 is 1.88 bits per heavy atom. The molecule has 130 valence electrons. The minimum Gasteiger partial charge on any atom is -0.480 e. The molecule has 1 amide bonds. The summed E-state index contributed by atoms with van der Waals surface area (Å²) in [6, 6.07) is 6.43. The molecule has 1 N–H and O–H groups in total. The summed E-state index contributed by atoms with van der Waals surface area (Å²) in [4.78, 5) is 37.3. The van der Waals surface area contributed by atoms with Crippen LogP contribution in [0.4, 0.5) is 4.39 Å². The molecule has 0 radical (unpaired) electrons. The fraction of sp³-hybridized carbons (Fsp3) is 0.294. The molecule has 1 unspecified atom stereocenters. The highest BCUT2D eigenvalue weighted by Crippen LogP contribution is 2.30. The first kappa shape index (κ1) is 16.8. The molecule has 1 aromatic heterocycles. The lowest BCUT2D eigenvalue weighted by Gasteiger charge is -2.26. The lowest BCUT2D eigenvalue weighted by atomic mass is 10.2. The first-order chi connectivity index (χ1) is 11.9. The summed E-state index contributed by atoms with van der Waals surface area (Å²) in [6.07, 6.45) is 1.47. The number of carbonyl (C=O) groups is 2. The van der Waals surface area contributed by atoms with Gasteiger partial charge in [-0.05, 0) is 50.1 Å². The lowest BCUT2D eigenvalue weighted by molar-refractivity contribution is -0.141. The number of aliphatic carboxylic acids is 1. The van der Waals surface area contributed by atoms with Crippen molar-refractivity contribution < 1.29 is 19.1 Å². The number of carboxylic acids is 1. The fourth-order valence-electron chi connectivity index (χ4n) is 2.55. The summed E-state index contributed by atoms with van der Waals surface area (Å²) in [7, 11) is 0. The average Bonchev–Trinajstić information content (AvgIpc) is 3.41. The molecule has 0 bridgehead atoms. The van der Waals surface area contributed by atoms with Crippen molar-refractivity contribution in [3.8, 4) is 5.69 Å². The largest absolute Gasteiger partial charge is 0.480 e. The van der Waals surface area contributed by atoms with Gasteiger partial charge in [-0.3, -0.25) is 9.59 Å². The smallest absolute Gasteiger partial charge is 0.326 e. The third-order valence-corrected chi connectivity index (χ3v) is 4.04. The summed E-state index contributed by atoms with van der Waals surface area (Å²) in [5.41, 5.74) is -0.207. The molecular weight excluding hydrogens is 329 g/mol. The van der Waals surface area contributed by atoms with Gasteiger partial charge in [-0.25, -0.2) is 9.18 Å². The van der Waals surface area contributed by atoms with Crippen LogP contribution in [-0.2, 0) is 4.79 Å². The van der Waals surface area contributed by atoms with Gasteiger partial charge in [0.1, 0.15) is 17.6 Å². The number of hydrogen-bond donors (Lipinski definition) is 1. The summed E-state index contributed by atoms with van der Waals surface area (Å²) >= 11 is 0. The van der Waals surface area contributed by atoms with Crippen LogP contribution >= 0.6 is 0 Å². The molecule has 8 heteroatoms. The highest BCUT2D eigenvalue weighted by molar-refractivity contribution is 5.95. The van der Waals surface area contributed by atoms with Crippen molar-refractivity contribution in [2.24, 2.45) is 0 Å². The Balaban J connectivity index is 1.98. The predicted octanol–water partition coefficient (Wildman–Crippen LogP) is 1.45. The van der Waals surface area contributed by atoms with E-state index in [-0.39, 0.29) is 11.7 Å². The molecule has 0 spiro atoms. The highest BCUT2D eigenvalue weighted by atomic mass is 19.1. The Labute approximate surface area is 142 Å². The molecule has 1 atom stereocenters. The Morgan fingerprint density at radius 3 is 2.44 bits per heavy atom. The summed E-state index contributed by atoms with van der Waals surface area (Å²) in [6.45, 7) is 1.44. The topological polar surface area (TPSA) is 92.5 Å². The molecule has 0 saturated heterocycles. The van der Waals surface area contributed by atoms with Crippen LogP contribution < -0.4 is 5.56 Å². The third-order valence-electron chi connectivity index (χ3n) is 4.04. The van der Waals surface area contributed by atoms with Gasteiger partial charge in [0.05, 0.1) is 5.69 Å². The molecule has 1 aromatic carbocycles. The quantitative estimate of drug-likeness (QED) is 0.885. The summed E-state index contributed by atoms with van der Waals surface area (Å²) in [5, 5.41) is 13.3. The third kappa shape index (κ3) is 3.42. The van der Waals surface area contributed by atoms with Gasteiger partial charge in [0, 0.05) is 12.1 Å². The maximum atomic E-state index is 13.1. The second-order valence-corrected chi connectivity index (χ2v) is 5.90. The van der Waals surface area contributed by atoms with Gasteiger partial charge in [-0.1, -0.05) is 0 Å². The van der Waals surface area contributed by atoms with Crippen molar-refractivity contribution in [3.05, 3.63) is 58.3 Å². The first-order valence-electron chi connectivity index (χ1n) is 7.80.